The van der Waals surface area contributed by atoms with Gasteiger partial charge in [-0.3, -0.25) is 5.32 Å². The predicted octanol–water partition coefficient (Wildman–Crippen LogP) is 0.556. The second-order valence-electron chi connectivity index (χ2n) is 2.58. The monoisotopic (exact) mass is 134 g/mol. The summed E-state index contributed by atoms with van der Waals surface area (Å²) in [6.07, 6.45) is 10.5. The van der Waals surface area contributed by atoms with Crippen LogP contribution in [0.25, 0.3) is 0 Å². The van der Waals surface area contributed by atoms with Gasteiger partial charge in [-0.15, -0.1) is 0 Å². The van der Waals surface area contributed by atoms with E-state index < -0.39 is 0 Å². The van der Waals surface area contributed by atoms with Crippen LogP contribution in [0.15, 0.2) is 23.9 Å². The van der Waals surface area contributed by atoms with Gasteiger partial charge in [0.1, 0.15) is 0 Å². The van der Waals surface area contributed by atoms with E-state index in [1.165, 1.54) is 18.4 Å². The van der Waals surface area contributed by atoms with Crippen molar-refractivity contribution < 1.29 is 0 Å². The maximum atomic E-state index is 4.30. The molecule has 1 aliphatic heterocycles. The highest BCUT2D eigenvalue weighted by Crippen LogP contribution is 2.16. The largest absolute Gasteiger partial charge is 0.278 e. The van der Waals surface area contributed by atoms with Crippen molar-refractivity contribution in [3.05, 3.63) is 23.9 Å². The number of nitrogens with zero attached hydrogens (tertiary/aromatic N) is 1. The fourth-order valence-electron chi connectivity index (χ4n) is 1.32. The molecule has 0 amide bonds. The van der Waals surface area contributed by atoms with Crippen LogP contribution in [0.5, 0.6) is 0 Å². The molecule has 2 heteroatoms. The first kappa shape index (κ1) is 5.71. The van der Waals surface area contributed by atoms with Crippen LogP contribution >= 0.6 is 0 Å². The van der Waals surface area contributed by atoms with E-state index in [-0.39, 0.29) is 0 Å². The number of allylic oxidation sites excluding steroid dienone is 1. The van der Waals surface area contributed by atoms with E-state index >= 15 is 0 Å². The summed E-state index contributed by atoms with van der Waals surface area (Å²) in [5.74, 6) is 0. The normalized spacial score (nSPS) is 28.8. The van der Waals surface area contributed by atoms with Gasteiger partial charge in [0.15, 0.2) is 6.04 Å². The van der Waals surface area contributed by atoms with Crippen molar-refractivity contribution in [1.29, 1.82) is 0 Å². The molecule has 2 nitrogen and oxygen atoms in total. The number of hydrogen-bond donors (Lipinski definition) is 1. The van der Waals surface area contributed by atoms with Crippen LogP contribution < -0.4 is 10.3 Å². The minimum absolute atomic E-state index is 0.436. The molecule has 1 unspecified atom stereocenters. The number of nitrogens with one attached hydrogen (secondary N) is 1. The molecule has 1 heterocycles. The summed E-state index contributed by atoms with van der Waals surface area (Å²) in [4.78, 5) is 4.30. The van der Waals surface area contributed by atoms with Gasteiger partial charge in [-0.2, -0.15) is 0 Å². The second-order valence-corrected chi connectivity index (χ2v) is 2.58. The molecule has 1 atom stereocenters. The first-order valence-corrected chi connectivity index (χ1v) is 3.61. The highest BCUT2D eigenvalue weighted by molar-refractivity contribution is 5.58. The molecule has 10 heavy (non-hydrogen) atoms. The number of aliphatic imine (C=N–C) groups is 1. The Morgan fingerprint density at radius 3 is 3.50 bits per heavy atom. The zero-order chi connectivity index (χ0) is 6.81. The van der Waals surface area contributed by atoms with Crippen molar-refractivity contribution in [2.24, 2.45) is 0 Å². The third-order valence-electron chi connectivity index (χ3n) is 1.88. The Kier molecular flexibility index (Phi) is 1.31. The molecule has 1 aliphatic carbocycles. The summed E-state index contributed by atoms with van der Waals surface area (Å²) in [6, 6.07) is 0.436. The molecule has 0 saturated carbocycles. The van der Waals surface area contributed by atoms with Gasteiger partial charge in [0.25, 0.3) is 6.34 Å². The summed E-state index contributed by atoms with van der Waals surface area (Å²) in [6.45, 7) is 0. The first-order chi connectivity index (χ1) is 4.97. The molecule has 0 saturated heterocycles. The minimum atomic E-state index is 0.436. The van der Waals surface area contributed by atoms with Crippen LogP contribution in [0.4, 0.5) is 0 Å². The van der Waals surface area contributed by atoms with Crippen molar-refractivity contribution >= 4 is 6.34 Å². The van der Waals surface area contributed by atoms with Crippen molar-refractivity contribution in [1.82, 2.24) is 10.3 Å². The lowest BCUT2D eigenvalue weighted by Crippen LogP contribution is -2.28. The third kappa shape index (κ3) is 0.856. The number of rotatable bonds is 0. The van der Waals surface area contributed by atoms with Crippen LogP contribution in [0.1, 0.15) is 12.8 Å². The van der Waals surface area contributed by atoms with Gasteiger partial charge >= 0.3 is 0 Å². The van der Waals surface area contributed by atoms with E-state index in [4.69, 9.17) is 0 Å². The molecule has 0 spiro atoms. The minimum Gasteiger partial charge on any atom is -0.250 e. The maximum absolute atomic E-state index is 4.30. The Hall–Kier alpha value is -1.05. The topological polar surface area (TPSA) is 26.1 Å². The van der Waals surface area contributed by atoms with Crippen molar-refractivity contribution in [3.63, 3.8) is 0 Å². The maximum Gasteiger partial charge on any atom is 0.278 e. The highest BCUT2D eigenvalue weighted by atomic mass is 15.0. The lowest BCUT2D eigenvalue weighted by atomic mass is 9.97. The molecule has 1 radical (unpaired) electrons. The number of hydrogen-bond acceptors (Lipinski definition) is 2. The van der Waals surface area contributed by atoms with E-state index in [2.05, 4.69) is 22.5 Å². The fourth-order valence-corrected chi connectivity index (χ4v) is 1.32. The Balaban J connectivity index is 2.26. The van der Waals surface area contributed by atoms with Crippen LogP contribution in [0.3, 0.4) is 0 Å². The van der Waals surface area contributed by atoms with Gasteiger partial charge < -0.3 is 0 Å². The van der Waals surface area contributed by atoms with Gasteiger partial charge in [-0.25, -0.2) is 0 Å². The van der Waals surface area contributed by atoms with E-state index in [0.717, 1.165) is 0 Å². The molecule has 0 bridgehead atoms. The van der Waals surface area contributed by atoms with Crippen molar-refractivity contribution in [2.75, 3.05) is 0 Å². The molecule has 0 aromatic carbocycles. The molecule has 2 aliphatic rings. The van der Waals surface area contributed by atoms with Gasteiger partial charge in [-0.1, -0.05) is 17.1 Å². The lowest BCUT2D eigenvalue weighted by Gasteiger charge is -2.12. The molecular weight excluding hydrogens is 124 g/mol. The summed E-state index contributed by atoms with van der Waals surface area (Å²) in [5, 5.41) is 2.98. The van der Waals surface area contributed by atoms with E-state index in [0.29, 0.717) is 6.04 Å². The molecule has 51 valence electrons. The molecule has 0 aromatic heterocycles. The van der Waals surface area contributed by atoms with E-state index in [1.807, 2.05) is 6.20 Å². The van der Waals surface area contributed by atoms with Gasteiger partial charge in [0.05, 0.1) is 6.20 Å². The molecule has 1 N–H and O–H groups in total. The highest BCUT2D eigenvalue weighted by Gasteiger charge is 2.21. The van der Waals surface area contributed by atoms with Crippen molar-refractivity contribution in [3.8, 4) is 0 Å². The molecular formula is C8H10N2+. The average molecular weight is 134 g/mol. The quantitative estimate of drug-likeness (QED) is 0.514. The zero-order valence-corrected chi connectivity index (χ0v) is 5.75. The van der Waals surface area contributed by atoms with Gasteiger partial charge in [-0.05, 0) is 12.8 Å². The summed E-state index contributed by atoms with van der Waals surface area (Å²) in [7, 11) is 0. The van der Waals surface area contributed by atoms with Crippen molar-refractivity contribution in [2.45, 2.75) is 18.9 Å². The van der Waals surface area contributed by atoms with E-state index in [1.54, 1.807) is 6.34 Å². The SMILES string of the molecule is C1=CC2=CNC=[N+]C2CC1. The van der Waals surface area contributed by atoms with Gasteiger partial charge in [0, 0.05) is 5.57 Å². The fraction of sp³-hybridized carbons (Fsp3) is 0.375. The number of fused-ring (bicyclic) bond motifs is 1. The Labute approximate surface area is 60.3 Å². The zero-order valence-electron chi connectivity index (χ0n) is 5.75. The predicted molar refractivity (Wildman–Crippen MR) is 41.6 cm³/mol. The van der Waals surface area contributed by atoms with Crippen LogP contribution in [0, 0.1) is 0 Å². The lowest BCUT2D eigenvalue weighted by molar-refractivity contribution is 0.639. The second kappa shape index (κ2) is 2.29. The molecule has 2 rings (SSSR count). The third-order valence-corrected chi connectivity index (χ3v) is 1.88. The molecule has 0 aromatic rings. The smallest absolute Gasteiger partial charge is 0.250 e. The van der Waals surface area contributed by atoms with E-state index in [9.17, 15) is 0 Å². The van der Waals surface area contributed by atoms with Crippen LogP contribution in [-0.2, 0) is 0 Å². The summed E-state index contributed by atoms with van der Waals surface area (Å²) in [5.41, 5.74) is 1.31. The Morgan fingerprint density at radius 1 is 1.60 bits per heavy atom. The average Bonchev–Trinajstić information content (AvgIpc) is 2.05. The van der Waals surface area contributed by atoms with Crippen LogP contribution in [0.2, 0.25) is 0 Å². The first-order valence-electron chi connectivity index (χ1n) is 3.61. The Bertz CT molecular complexity index is 213. The summed E-state index contributed by atoms with van der Waals surface area (Å²) >= 11 is 0. The summed E-state index contributed by atoms with van der Waals surface area (Å²) < 4.78 is 0. The van der Waals surface area contributed by atoms with Crippen LogP contribution in [-0.4, -0.2) is 12.4 Å². The van der Waals surface area contributed by atoms with Gasteiger partial charge in [0.2, 0.25) is 0 Å². The Morgan fingerprint density at radius 2 is 2.60 bits per heavy atom. The molecule has 0 fully saturated rings. The standard InChI is InChI=1S/C8H10N2/c1-2-4-8-7(3-1)5-9-6-10-8/h1,3,5-6,8-9H,2,4H2/q+1.